The molecular formula is C13H14N2O3. The molecule has 0 radical (unpaired) electrons. The Morgan fingerprint density at radius 2 is 2.17 bits per heavy atom. The Balaban J connectivity index is 2.31. The van der Waals surface area contributed by atoms with Gasteiger partial charge in [-0.05, 0) is 23.6 Å². The molecule has 0 aromatic heterocycles. The van der Waals surface area contributed by atoms with Crippen LogP contribution in [0.2, 0.25) is 0 Å². The van der Waals surface area contributed by atoms with Gasteiger partial charge < -0.3 is 5.11 Å². The zero-order valence-electron chi connectivity index (χ0n) is 10.3. The maximum atomic E-state index is 11.5. The van der Waals surface area contributed by atoms with Crippen molar-refractivity contribution in [3.05, 3.63) is 29.8 Å². The monoisotopic (exact) mass is 246 g/mol. The van der Waals surface area contributed by atoms with Gasteiger partial charge in [0.05, 0.1) is 5.69 Å². The normalized spacial score (nSPS) is 15.2. The molecule has 0 amide bonds. The number of nitrogens with zero attached hydrogens (tertiary/aromatic N) is 2. The van der Waals surface area contributed by atoms with E-state index in [1.54, 1.807) is 0 Å². The number of ketones is 1. The number of carboxylic acid groups (broad SMARTS) is 1. The number of hydrazone groups is 1. The zero-order valence-corrected chi connectivity index (χ0v) is 10.3. The van der Waals surface area contributed by atoms with E-state index >= 15 is 0 Å². The summed E-state index contributed by atoms with van der Waals surface area (Å²) in [4.78, 5) is 22.3. The SMILES string of the molecule is CC(C)c1cccc(N2CC(=O)C(C(=O)O)=N2)c1. The van der Waals surface area contributed by atoms with E-state index in [0.717, 1.165) is 11.3 Å². The average molecular weight is 246 g/mol. The maximum Gasteiger partial charge on any atom is 0.360 e. The molecular weight excluding hydrogens is 232 g/mol. The molecule has 0 bridgehead atoms. The number of hydrogen-bond acceptors (Lipinski definition) is 4. The fourth-order valence-corrected chi connectivity index (χ4v) is 1.78. The van der Waals surface area contributed by atoms with E-state index < -0.39 is 17.5 Å². The summed E-state index contributed by atoms with van der Waals surface area (Å²) >= 11 is 0. The van der Waals surface area contributed by atoms with Crippen molar-refractivity contribution in [1.29, 1.82) is 0 Å². The van der Waals surface area contributed by atoms with Crippen molar-refractivity contribution in [2.45, 2.75) is 19.8 Å². The van der Waals surface area contributed by atoms with Crippen LogP contribution in [-0.2, 0) is 9.59 Å². The van der Waals surface area contributed by atoms with Gasteiger partial charge >= 0.3 is 5.97 Å². The molecule has 1 aromatic rings. The predicted molar refractivity (Wildman–Crippen MR) is 68.0 cm³/mol. The van der Waals surface area contributed by atoms with Crippen molar-refractivity contribution in [2.24, 2.45) is 5.10 Å². The van der Waals surface area contributed by atoms with Crippen molar-refractivity contribution in [3.8, 4) is 0 Å². The molecule has 1 aliphatic rings. The van der Waals surface area contributed by atoms with E-state index in [9.17, 15) is 9.59 Å². The van der Waals surface area contributed by atoms with Crippen LogP contribution >= 0.6 is 0 Å². The van der Waals surface area contributed by atoms with E-state index in [4.69, 9.17) is 5.11 Å². The summed E-state index contributed by atoms with van der Waals surface area (Å²) in [5.41, 5.74) is 1.47. The molecule has 0 fully saturated rings. The van der Waals surface area contributed by atoms with E-state index in [1.165, 1.54) is 5.01 Å². The molecule has 1 N–H and O–H groups in total. The van der Waals surface area contributed by atoms with Gasteiger partial charge in [-0.25, -0.2) is 4.79 Å². The standard InChI is InChI=1S/C13H14N2O3/c1-8(2)9-4-3-5-10(6-9)15-7-11(16)12(14-15)13(17)18/h3-6,8H,7H2,1-2H3,(H,17,18). The fraction of sp³-hybridized carbons (Fsp3) is 0.308. The van der Waals surface area contributed by atoms with Gasteiger partial charge in [0.1, 0.15) is 6.54 Å². The van der Waals surface area contributed by atoms with Crippen LogP contribution in [0.15, 0.2) is 29.4 Å². The Bertz CT molecular complexity index is 535. The first kappa shape index (κ1) is 12.3. The Morgan fingerprint density at radius 1 is 1.44 bits per heavy atom. The van der Waals surface area contributed by atoms with Crippen molar-refractivity contribution >= 4 is 23.2 Å². The van der Waals surface area contributed by atoms with Crippen molar-refractivity contribution < 1.29 is 14.7 Å². The first-order valence-electron chi connectivity index (χ1n) is 5.71. The van der Waals surface area contributed by atoms with Crippen LogP contribution in [0.25, 0.3) is 0 Å². The number of aliphatic carboxylic acids is 1. The summed E-state index contributed by atoms with van der Waals surface area (Å²) in [5, 5.41) is 14.1. The molecule has 0 unspecified atom stereocenters. The lowest BCUT2D eigenvalue weighted by Gasteiger charge is -2.14. The van der Waals surface area contributed by atoms with Gasteiger partial charge in [0.25, 0.3) is 0 Å². The topological polar surface area (TPSA) is 70.0 Å². The van der Waals surface area contributed by atoms with Crippen LogP contribution in [0, 0.1) is 0 Å². The van der Waals surface area contributed by atoms with Gasteiger partial charge in [-0.2, -0.15) is 5.10 Å². The molecule has 1 heterocycles. The summed E-state index contributed by atoms with van der Waals surface area (Å²) in [6, 6.07) is 7.61. The van der Waals surface area contributed by atoms with Gasteiger partial charge in [-0.15, -0.1) is 0 Å². The van der Waals surface area contributed by atoms with Crippen LogP contribution < -0.4 is 5.01 Å². The minimum atomic E-state index is -1.28. The van der Waals surface area contributed by atoms with Gasteiger partial charge in [0.15, 0.2) is 0 Å². The summed E-state index contributed by atoms with van der Waals surface area (Å²) in [6.45, 7) is 4.13. The van der Waals surface area contributed by atoms with Gasteiger partial charge in [-0.3, -0.25) is 9.80 Å². The second kappa shape index (κ2) is 4.60. The number of benzene rings is 1. The number of rotatable bonds is 3. The molecule has 2 rings (SSSR count). The van der Waals surface area contributed by atoms with E-state index in [2.05, 4.69) is 18.9 Å². The number of hydrogen-bond donors (Lipinski definition) is 1. The zero-order chi connectivity index (χ0) is 13.3. The van der Waals surface area contributed by atoms with E-state index in [0.29, 0.717) is 5.92 Å². The van der Waals surface area contributed by atoms with E-state index in [-0.39, 0.29) is 6.54 Å². The summed E-state index contributed by atoms with van der Waals surface area (Å²) in [6.07, 6.45) is 0. The molecule has 5 heteroatoms. The third-order valence-corrected chi connectivity index (χ3v) is 2.82. The molecule has 1 aromatic carbocycles. The van der Waals surface area contributed by atoms with Gasteiger partial charge in [0.2, 0.25) is 11.5 Å². The predicted octanol–water partition coefficient (Wildman–Crippen LogP) is 1.64. The lowest BCUT2D eigenvalue weighted by atomic mass is 10.0. The number of carbonyl (C=O) groups is 2. The maximum absolute atomic E-state index is 11.5. The van der Waals surface area contributed by atoms with Crippen molar-refractivity contribution in [2.75, 3.05) is 11.6 Å². The third-order valence-electron chi connectivity index (χ3n) is 2.82. The molecule has 94 valence electrons. The van der Waals surface area contributed by atoms with E-state index in [1.807, 2.05) is 24.3 Å². The minimum Gasteiger partial charge on any atom is -0.476 e. The highest BCUT2D eigenvalue weighted by Crippen LogP contribution is 2.23. The largest absolute Gasteiger partial charge is 0.476 e. The van der Waals surface area contributed by atoms with Gasteiger partial charge in [-0.1, -0.05) is 26.0 Å². The summed E-state index contributed by atoms with van der Waals surface area (Å²) < 4.78 is 0. The molecule has 5 nitrogen and oxygen atoms in total. The Morgan fingerprint density at radius 3 is 2.72 bits per heavy atom. The molecule has 0 saturated carbocycles. The number of carboxylic acids is 1. The Labute approximate surface area is 105 Å². The molecule has 0 spiro atoms. The number of carbonyl (C=O) groups excluding carboxylic acids is 1. The quantitative estimate of drug-likeness (QED) is 0.880. The minimum absolute atomic E-state index is 0.0107. The molecule has 18 heavy (non-hydrogen) atoms. The van der Waals surface area contributed by atoms with Crippen molar-refractivity contribution in [3.63, 3.8) is 0 Å². The average Bonchev–Trinajstić information content (AvgIpc) is 2.71. The van der Waals surface area contributed by atoms with Crippen LogP contribution in [0.3, 0.4) is 0 Å². The fourth-order valence-electron chi connectivity index (χ4n) is 1.78. The van der Waals surface area contributed by atoms with Crippen LogP contribution in [0.1, 0.15) is 25.3 Å². The van der Waals surface area contributed by atoms with Crippen molar-refractivity contribution in [1.82, 2.24) is 0 Å². The second-order valence-corrected chi connectivity index (χ2v) is 4.48. The molecule has 0 saturated heterocycles. The highest BCUT2D eigenvalue weighted by atomic mass is 16.4. The molecule has 0 atom stereocenters. The second-order valence-electron chi connectivity index (χ2n) is 4.48. The van der Waals surface area contributed by atoms with Crippen LogP contribution in [0.4, 0.5) is 5.69 Å². The number of anilines is 1. The highest BCUT2D eigenvalue weighted by molar-refractivity contribution is 6.65. The highest BCUT2D eigenvalue weighted by Gasteiger charge is 2.29. The lowest BCUT2D eigenvalue weighted by Crippen LogP contribution is -2.23. The van der Waals surface area contributed by atoms with Gasteiger partial charge in [0, 0.05) is 0 Å². The lowest BCUT2D eigenvalue weighted by molar-refractivity contribution is -0.130. The van der Waals surface area contributed by atoms with Crippen LogP contribution in [-0.4, -0.2) is 29.1 Å². The first-order valence-corrected chi connectivity index (χ1v) is 5.71. The smallest absolute Gasteiger partial charge is 0.360 e. The van der Waals surface area contributed by atoms with Crippen LogP contribution in [0.5, 0.6) is 0 Å². The molecule has 0 aliphatic carbocycles. The summed E-state index contributed by atoms with van der Waals surface area (Å²) in [7, 11) is 0. The third kappa shape index (κ3) is 2.25. The Kier molecular flexibility index (Phi) is 3.14. The molecule has 1 aliphatic heterocycles. The number of Topliss-reactive ketones (excluding diaryl/α,β-unsaturated/α-hetero) is 1. The first-order chi connectivity index (χ1) is 8.49. The Hall–Kier alpha value is -2.17. The summed E-state index contributed by atoms with van der Waals surface area (Å²) in [5.74, 6) is -1.37.